The van der Waals surface area contributed by atoms with Gasteiger partial charge in [0.1, 0.15) is 9.84 Å². The molecule has 20 heavy (non-hydrogen) atoms. The average Bonchev–Trinajstić information content (AvgIpc) is 2.32. The van der Waals surface area contributed by atoms with Crippen molar-refractivity contribution < 1.29 is 17.9 Å². The molecule has 112 valence electrons. The minimum atomic E-state index is -3.03. The number of benzene rings is 1. The molecule has 2 N–H and O–H groups in total. The average molecular weight is 300 g/mol. The van der Waals surface area contributed by atoms with Gasteiger partial charge >= 0.3 is 5.97 Å². The van der Waals surface area contributed by atoms with Gasteiger partial charge in [-0.05, 0) is 24.6 Å². The summed E-state index contributed by atoms with van der Waals surface area (Å²) in [6.45, 7) is 0.0631. The number of nitrogen functional groups attached to an aromatic ring is 1. The van der Waals surface area contributed by atoms with E-state index in [4.69, 9.17) is 10.5 Å². The van der Waals surface area contributed by atoms with Gasteiger partial charge in [0.25, 0.3) is 0 Å². The summed E-state index contributed by atoms with van der Waals surface area (Å²) in [5.74, 6) is -0.507. The number of sulfone groups is 1. The molecule has 0 aliphatic heterocycles. The summed E-state index contributed by atoms with van der Waals surface area (Å²) in [7, 11) is 0.588. The Labute approximate surface area is 119 Å². The molecule has 0 radical (unpaired) electrons. The largest absolute Gasteiger partial charge is 0.462 e. The lowest BCUT2D eigenvalue weighted by Crippen LogP contribution is -2.17. The van der Waals surface area contributed by atoms with E-state index in [1.165, 1.54) is 0 Å². The highest BCUT2D eigenvalue weighted by molar-refractivity contribution is 7.90. The molecule has 0 aliphatic rings. The fraction of sp³-hybridized carbons (Fsp3) is 0.462. The number of hydrogen-bond acceptors (Lipinski definition) is 6. The van der Waals surface area contributed by atoms with Crippen LogP contribution in [-0.4, -0.2) is 47.1 Å². The summed E-state index contributed by atoms with van der Waals surface area (Å²) < 4.78 is 27.0. The highest BCUT2D eigenvalue weighted by atomic mass is 32.2. The molecule has 0 atom stereocenters. The van der Waals surface area contributed by atoms with Gasteiger partial charge in [-0.3, -0.25) is 0 Å². The minimum absolute atomic E-state index is 0.00224. The second kappa shape index (κ2) is 6.60. The normalized spacial score (nSPS) is 11.2. The van der Waals surface area contributed by atoms with Gasteiger partial charge in [-0.15, -0.1) is 0 Å². The summed E-state index contributed by atoms with van der Waals surface area (Å²) >= 11 is 0. The molecule has 1 rings (SSSR count). The van der Waals surface area contributed by atoms with E-state index in [9.17, 15) is 13.2 Å². The molecule has 0 amide bonds. The Kier molecular flexibility index (Phi) is 5.38. The molecule has 0 saturated carbocycles. The zero-order valence-electron chi connectivity index (χ0n) is 11.9. The zero-order valence-corrected chi connectivity index (χ0v) is 12.7. The van der Waals surface area contributed by atoms with Gasteiger partial charge in [-0.2, -0.15) is 0 Å². The highest BCUT2D eigenvalue weighted by Crippen LogP contribution is 2.22. The molecule has 0 unspecified atom stereocenters. The summed E-state index contributed by atoms with van der Waals surface area (Å²) in [5.41, 5.74) is 7.21. The lowest BCUT2D eigenvalue weighted by Gasteiger charge is -2.17. The first-order chi connectivity index (χ1) is 9.20. The van der Waals surface area contributed by atoms with Crippen molar-refractivity contribution in [3.8, 4) is 0 Å². The number of esters is 1. The summed E-state index contributed by atoms with van der Waals surface area (Å²) in [6.07, 6.45) is 1.43. The third-order valence-corrected chi connectivity index (χ3v) is 3.65. The summed E-state index contributed by atoms with van der Waals surface area (Å²) in [4.78, 5) is 13.8. The van der Waals surface area contributed by atoms with Crippen molar-refractivity contribution >= 4 is 27.2 Å². The molecule has 0 aliphatic carbocycles. The van der Waals surface area contributed by atoms with Crippen molar-refractivity contribution in [2.75, 3.05) is 43.3 Å². The Morgan fingerprint density at radius 3 is 2.55 bits per heavy atom. The predicted octanol–water partition coefficient (Wildman–Crippen LogP) is 0.926. The fourth-order valence-electron chi connectivity index (χ4n) is 1.67. The van der Waals surface area contributed by atoms with E-state index in [1.54, 1.807) is 23.1 Å². The van der Waals surface area contributed by atoms with Crippen molar-refractivity contribution in [1.82, 2.24) is 0 Å². The van der Waals surface area contributed by atoms with Gasteiger partial charge in [-0.1, -0.05) is 0 Å². The Morgan fingerprint density at radius 1 is 1.35 bits per heavy atom. The molecule has 0 saturated heterocycles. The number of carbonyl (C=O) groups excluding carboxylic acids is 1. The van der Waals surface area contributed by atoms with Gasteiger partial charge in [0, 0.05) is 26.0 Å². The molecule has 0 aromatic heterocycles. The van der Waals surface area contributed by atoms with Crippen molar-refractivity contribution in [2.45, 2.75) is 6.42 Å². The number of nitrogens with two attached hydrogens (primary N) is 1. The Bertz CT molecular complexity index is 582. The van der Waals surface area contributed by atoms with Crippen LogP contribution in [0.3, 0.4) is 0 Å². The van der Waals surface area contributed by atoms with E-state index in [-0.39, 0.29) is 18.8 Å². The van der Waals surface area contributed by atoms with E-state index < -0.39 is 15.8 Å². The van der Waals surface area contributed by atoms with E-state index in [0.29, 0.717) is 16.9 Å². The van der Waals surface area contributed by atoms with Gasteiger partial charge in [0.2, 0.25) is 0 Å². The zero-order chi connectivity index (χ0) is 15.3. The molecule has 0 spiro atoms. The number of anilines is 2. The van der Waals surface area contributed by atoms with Gasteiger partial charge in [-0.25, -0.2) is 13.2 Å². The summed E-state index contributed by atoms with van der Waals surface area (Å²) in [6, 6.07) is 4.99. The van der Waals surface area contributed by atoms with Crippen LogP contribution in [0.4, 0.5) is 11.4 Å². The van der Waals surface area contributed by atoms with Crippen LogP contribution in [0.2, 0.25) is 0 Å². The van der Waals surface area contributed by atoms with Crippen molar-refractivity contribution in [3.63, 3.8) is 0 Å². The molecule has 0 bridgehead atoms. The number of nitrogens with zero attached hydrogens (tertiary/aromatic N) is 1. The van der Waals surface area contributed by atoms with E-state index >= 15 is 0 Å². The topological polar surface area (TPSA) is 89.7 Å². The van der Waals surface area contributed by atoms with Crippen LogP contribution >= 0.6 is 0 Å². The van der Waals surface area contributed by atoms with Crippen LogP contribution in [0, 0.1) is 0 Å². The smallest absolute Gasteiger partial charge is 0.340 e. The maximum absolute atomic E-state index is 12.0. The molecule has 1 aromatic rings. The van der Waals surface area contributed by atoms with Crippen molar-refractivity contribution in [1.29, 1.82) is 0 Å². The Morgan fingerprint density at radius 2 is 2.00 bits per heavy atom. The Balaban J connectivity index is 2.70. The fourth-order valence-corrected chi connectivity index (χ4v) is 2.31. The monoisotopic (exact) mass is 300 g/mol. The van der Waals surface area contributed by atoms with E-state index in [1.807, 2.05) is 14.1 Å². The van der Waals surface area contributed by atoms with Crippen LogP contribution < -0.4 is 10.6 Å². The first kappa shape index (κ1) is 16.3. The number of carbonyl (C=O) groups is 1. The van der Waals surface area contributed by atoms with Crippen LogP contribution in [0.1, 0.15) is 16.8 Å². The maximum Gasteiger partial charge on any atom is 0.340 e. The van der Waals surface area contributed by atoms with Gasteiger partial charge < -0.3 is 15.4 Å². The number of rotatable bonds is 6. The molecule has 7 heteroatoms. The Hall–Kier alpha value is -1.76. The van der Waals surface area contributed by atoms with Gasteiger partial charge in [0.15, 0.2) is 0 Å². The highest BCUT2D eigenvalue weighted by Gasteiger charge is 2.15. The number of ether oxygens (including phenoxy) is 1. The molecule has 6 nitrogen and oxygen atoms in total. The summed E-state index contributed by atoms with van der Waals surface area (Å²) in [5, 5.41) is 0. The molecular weight excluding hydrogens is 280 g/mol. The predicted molar refractivity (Wildman–Crippen MR) is 79.8 cm³/mol. The molecule has 1 aromatic carbocycles. The molecule has 0 fully saturated rings. The minimum Gasteiger partial charge on any atom is -0.462 e. The first-order valence-corrected chi connectivity index (χ1v) is 8.18. The molecule has 0 heterocycles. The van der Waals surface area contributed by atoms with E-state index in [2.05, 4.69) is 0 Å². The first-order valence-electron chi connectivity index (χ1n) is 6.12. The molecular formula is C13H20N2O4S. The SMILES string of the molecule is CN(C)c1ccc(N)cc1C(=O)OCCCS(C)(=O)=O. The number of hydrogen-bond donors (Lipinski definition) is 1. The standard InChI is InChI=1S/C13H20N2O4S/c1-15(2)12-6-5-10(14)9-11(12)13(16)19-7-4-8-20(3,17)18/h5-6,9H,4,7-8,14H2,1-3H3. The van der Waals surface area contributed by atoms with Crippen molar-refractivity contribution in [3.05, 3.63) is 23.8 Å². The lowest BCUT2D eigenvalue weighted by molar-refractivity contribution is 0.0506. The third kappa shape index (κ3) is 5.08. The van der Waals surface area contributed by atoms with Crippen LogP contribution in [0.25, 0.3) is 0 Å². The second-order valence-corrected chi connectivity index (χ2v) is 7.05. The second-order valence-electron chi connectivity index (χ2n) is 4.79. The third-order valence-electron chi connectivity index (χ3n) is 2.61. The van der Waals surface area contributed by atoms with Crippen molar-refractivity contribution in [2.24, 2.45) is 0 Å². The van der Waals surface area contributed by atoms with Crippen LogP contribution in [-0.2, 0) is 14.6 Å². The van der Waals surface area contributed by atoms with Crippen LogP contribution in [0.15, 0.2) is 18.2 Å². The lowest BCUT2D eigenvalue weighted by atomic mass is 10.1. The van der Waals surface area contributed by atoms with E-state index in [0.717, 1.165) is 6.26 Å². The van der Waals surface area contributed by atoms with Gasteiger partial charge in [0.05, 0.1) is 23.6 Å². The van der Waals surface area contributed by atoms with Crippen LogP contribution in [0.5, 0.6) is 0 Å². The maximum atomic E-state index is 12.0. The quantitative estimate of drug-likeness (QED) is 0.477.